The van der Waals surface area contributed by atoms with E-state index in [4.69, 9.17) is 4.74 Å². The number of hydrogen-bond acceptors (Lipinski definition) is 5. The molecule has 0 bridgehead atoms. The highest BCUT2D eigenvalue weighted by Gasteiger charge is 2.32. The third kappa shape index (κ3) is 6.18. The van der Waals surface area contributed by atoms with E-state index in [1.807, 2.05) is 47.4 Å². The predicted octanol–water partition coefficient (Wildman–Crippen LogP) is 3.81. The van der Waals surface area contributed by atoms with E-state index in [1.54, 1.807) is 24.3 Å². The van der Waals surface area contributed by atoms with Gasteiger partial charge in [0.15, 0.2) is 9.84 Å². The average molecular weight is 469 g/mol. The second kappa shape index (κ2) is 10.1. The fourth-order valence-corrected chi connectivity index (χ4v) is 5.05. The third-order valence-electron chi connectivity index (χ3n) is 5.50. The molecule has 1 atom stereocenters. The van der Waals surface area contributed by atoms with Crippen molar-refractivity contribution in [2.45, 2.75) is 12.6 Å². The van der Waals surface area contributed by atoms with Gasteiger partial charge in [0.05, 0.1) is 11.5 Å². The molecule has 4 rings (SSSR count). The van der Waals surface area contributed by atoms with E-state index in [-0.39, 0.29) is 29.8 Å². The van der Waals surface area contributed by atoms with Crippen LogP contribution in [0.4, 0.5) is 10.1 Å². The summed E-state index contributed by atoms with van der Waals surface area (Å²) in [5, 5.41) is 2.96. The molecule has 1 saturated heterocycles. The smallest absolute Gasteiger partial charge is 0.246 e. The number of benzene rings is 3. The summed E-state index contributed by atoms with van der Waals surface area (Å²) in [7, 11) is -3.06. The van der Waals surface area contributed by atoms with Gasteiger partial charge in [-0.15, -0.1) is 0 Å². The number of carbonyl (C=O) groups is 1. The molecule has 1 aliphatic rings. The molecule has 1 aliphatic heterocycles. The molecule has 3 aromatic carbocycles. The van der Waals surface area contributed by atoms with E-state index in [2.05, 4.69) is 5.32 Å². The Kier molecular flexibility index (Phi) is 7.05. The maximum absolute atomic E-state index is 13.3. The first-order valence-corrected chi connectivity index (χ1v) is 12.5. The Morgan fingerprint density at radius 1 is 0.970 bits per heavy atom. The number of sulfone groups is 1. The van der Waals surface area contributed by atoms with Gasteiger partial charge in [0.1, 0.15) is 24.2 Å². The molecular weight excluding hydrogens is 443 g/mol. The number of halogens is 1. The van der Waals surface area contributed by atoms with Crippen molar-refractivity contribution in [3.63, 3.8) is 0 Å². The summed E-state index contributed by atoms with van der Waals surface area (Å²) in [6, 6.07) is 21.9. The first-order valence-electron chi connectivity index (χ1n) is 10.7. The zero-order chi connectivity index (χ0) is 23.3. The van der Waals surface area contributed by atoms with Crippen LogP contribution in [0.25, 0.3) is 0 Å². The lowest BCUT2D eigenvalue weighted by molar-refractivity contribution is -0.121. The minimum atomic E-state index is -3.06. The molecule has 0 spiro atoms. The van der Waals surface area contributed by atoms with Crippen LogP contribution in [-0.2, 0) is 21.2 Å². The van der Waals surface area contributed by atoms with Crippen LogP contribution < -0.4 is 10.1 Å². The number of carbonyl (C=O) groups excluding carboxylic acids is 1. The van der Waals surface area contributed by atoms with Crippen LogP contribution in [0.2, 0.25) is 0 Å². The molecule has 1 fully saturated rings. The molecule has 0 saturated carbocycles. The van der Waals surface area contributed by atoms with Gasteiger partial charge >= 0.3 is 0 Å². The zero-order valence-corrected chi connectivity index (χ0v) is 18.8. The third-order valence-corrected chi connectivity index (χ3v) is 7.11. The number of hydrogen-bond donors (Lipinski definition) is 1. The Morgan fingerprint density at radius 2 is 1.70 bits per heavy atom. The molecule has 1 amide bonds. The Labute approximate surface area is 192 Å². The molecule has 0 aliphatic carbocycles. The highest BCUT2D eigenvalue weighted by atomic mass is 32.2. The van der Waals surface area contributed by atoms with E-state index in [9.17, 15) is 17.6 Å². The van der Waals surface area contributed by atoms with Gasteiger partial charge < -0.3 is 10.1 Å². The molecule has 172 valence electrons. The van der Waals surface area contributed by atoms with Gasteiger partial charge in [0, 0.05) is 24.8 Å². The number of amides is 1. The summed E-state index contributed by atoms with van der Waals surface area (Å²) in [6.45, 7) is 0.826. The van der Waals surface area contributed by atoms with Gasteiger partial charge in [0.25, 0.3) is 0 Å². The molecule has 8 heteroatoms. The van der Waals surface area contributed by atoms with Crippen LogP contribution in [0.5, 0.6) is 5.75 Å². The van der Waals surface area contributed by atoms with Gasteiger partial charge in [-0.25, -0.2) is 12.8 Å². The number of nitrogens with one attached hydrogen (secondary N) is 1. The lowest BCUT2D eigenvalue weighted by Gasteiger charge is -2.33. The first kappa shape index (κ1) is 22.9. The Balaban J connectivity index is 1.48. The molecule has 1 unspecified atom stereocenters. The molecular formula is C25H25FN2O4S. The quantitative estimate of drug-likeness (QED) is 0.571. The van der Waals surface area contributed by atoms with Crippen LogP contribution in [0, 0.1) is 5.82 Å². The minimum absolute atomic E-state index is 0.0382. The number of ether oxygens (including phenoxy) is 1. The van der Waals surface area contributed by atoms with Gasteiger partial charge in [0.2, 0.25) is 5.91 Å². The first-order chi connectivity index (χ1) is 15.9. The van der Waals surface area contributed by atoms with Gasteiger partial charge in [-0.2, -0.15) is 0 Å². The van der Waals surface area contributed by atoms with Crippen LogP contribution in [-0.4, -0.2) is 43.8 Å². The minimum Gasteiger partial charge on any atom is -0.489 e. The van der Waals surface area contributed by atoms with Crippen LogP contribution in [0.15, 0.2) is 78.9 Å². The lowest BCUT2D eigenvalue weighted by Crippen LogP contribution is -2.46. The highest BCUT2D eigenvalue weighted by Crippen LogP contribution is 2.25. The van der Waals surface area contributed by atoms with E-state index >= 15 is 0 Å². The molecule has 1 N–H and O–H groups in total. The van der Waals surface area contributed by atoms with E-state index in [0.29, 0.717) is 24.5 Å². The number of nitrogens with zero attached hydrogens (tertiary/aromatic N) is 1. The Hall–Kier alpha value is -3.23. The largest absolute Gasteiger partial charge is 0.489 e. The van der Waals surface area contributed by atoms with Crippen molar-refractivity contribution in [2.24, 2.45) is 0 Å². The molecule has 1 heterocycles. The van der Waals surface area contributed by atoms with Crippen molar-refractivity contribution in [2.75, 3.05) is 29.9 Å². The van der Waals surface area contributed by atoms with Gasteiger partial charge in [-0.3, -0.25) is 9.69 Å². The standard InChI is InChI=1S/C25H25FN2O4S/c26-21-9-5-11-23(17-21)32-18-19-6-4-10-22(16-19)27-25(29)24(20-7-2-1-3-8-20)28-12-14-33(30,31)15-13-28/h1-11,16-17,24H,12-15,18H2,(H,27,29). The zero-order valence-electron chi connectivity index (χ0n) is 18.0. The van der Waals surface area contributed by atoms with Crippen LogP contribution in [0.1, 0.15) is 17.2 Å². The molecule has 6 nitrogen and oxygen atoms in total. The lowest BCUT2D eigenvalue weighted by atomic mass is 10.0. The molecule has 33 heavy (non-hydrogen) atoms. The van der Waals surface area contributed by atoms with Crippen molar-refractivity contribution >= 4 is 21.4 Å². The summed E-state index contributed by atoms with van der Waals surface area (Å²) < 4.78 is 42.7. The summed E-state index contributed by atoms with van der Waals surface area (Å²) in [4.78, 5) is 15.2. The summed E-state index contributed by atoms with van der Waals surface area (Å²) in [6.07, 6.45) is 0. The normalized spacial score (nSPS) is 16.6. The van der Waals surface area contributed by atoms with Crippen molar-refractivity contribution in [1.29, 1.82) is 0 Å². The van der Waals surface area contributed by atoms with Gasteiger partial charge in [-0.1, -0.05) is 48.5 Å². The van der Waals surface area contributed by atoms with E-state index in [0.717, 1.165) is 11.1 Å². The highest BCUT2D eigenvalue weighted by molar-refractivity contribution is 7.91. The molecule has 0 radical (unpaired) electrons. The van der Waals surface area contributed by atoms with Crippen molar-refractivity contribution in [1.82, 2.24) is 4.90 Å². The van der Waals surface area contributed by atoms with E-state index in [1.165, 1.54) is 12.1 Å². The number of anilines is 1. The molecule has 3 aromatic rings. The average Bonchev–Trinajstić information content (AvgIpc) is 2.80. The van der Waals surface area contributed by atoms with Gasteiger partial charge in [-0.05, 0) is 35.4 Å². The van der Waals surface area contributed by atoms with Crippen molar-refractivity contribution < 1.29 is 22.3 Å². The van der Waals surface area contributed by atoms with Crippen molar-refractivity contribution in [3.8, 4) is 5.75 Å². The summed E-state index contributed by atoms with van der Waals surface area (Å²) in [5.74, 6) is -0.101. The second-order valence-electron chi connectivity index (χ2n) is 7.94. The molecule has 0 aromatic heterocycles. The van der Waals surface area contributed by atoms with Crippen LogP contribution >= 0.6 is 0 Å². The van der Waals surface area contributed by atoms with Crippen molar-refractivity contribution in [3.05, 3.63) is 95.8 Å². The fourth-order valence-electron chi connectivity index (χ4n) is 3.82. The topological polar surface area (TPSA) is 75.7 Å². The predicted molar refractivity (Wildman–Crippen MR) is 125 cm³/mol. The SMILES string of the molecule is O=C(Nc1cccc(COc2cccc(F)c2)c1)C(c1ccccc1)N1CCS(=O)(=O)CC1. The maximum atomic E-state index is 13.3. The Morgan fingerprint density at radius 3 is 2.42 bits per heavy atom. The fraction of sp³-hybridized carbons (Fsp3) is 0.240. The monoisotopic (exact) mass is 468 g/mol. The second-order valence-corrected chi connectivity index (χ2v) is 10.2. The number of rotatable bonds is 7. The Bertz CT molecular complexity index is 1200. The summed E-state index contributed by atoms with van der Waals surface area (Å²) in [5.41, 5.74) is 2.23. The summed E-state index contributed by atoms with van der Waals surface area (Å²) >= 11 is 0. The van der Waals surface area contributed by atoms with E-state index < -0.39 is 15.9 Å². The van der Waals surface area contributed by atoms with Crippen LogP contribution in [0.3, 0.4) is 0 Å². The maximum Gasteiger partial charge on any atom is 0.246 e.